The molecular weight excluding hydrogens is 242 g/mol. The number of hydrogen-bond acceptors (Lipinski definition) is 4. The summed E-state index contributed by atoms with van der Waals surface area (Å²) in [7, 11) is -2.11. The molecule has 17 heavy (non-hydrogen) atoms. The first-order valence-electron chi connectivity index (χ1n) is 4.83. The third-order valence-corrected chi connectivity index (χ3v) is 3.37. The summed E-state index contributed by atoms with van der Waals surface area (Å²) >= 11 is 0. The van der Waals surface area contributed by atoms with Crippen LogP contribution in [0.1, 0.15) is 5.82 Å². The Hall–Kier alpha value is -1.96. The molecule has 0 saturated heterocycles. The maximum absolute atomic E-state index is 11.8. The Morgan fingerprint density at radius 3 is 2.47 bits per heavy atom. The molecule has 7 nitrogen and oxygen atoms in total. The zero-order valence-electron chi connectivity index (χ0n) is 9.35. The summed E-state index contributed by atoms with van der Waals surface area (Å²) in [6, 6.07) is 7.92. The molecule has 0 amide bonds. The van der Waals surface area contributed by atoms with Gasteiger partial charge < -0.3 is 0 Å². The summed E-state index contributed by atoms with van der Waals surface area (Å²) in [4.78, 5) is 4.40. The molecule has 1 aromatic carbocycles. The SMILES string of the molecule is Cc1n[n+]([N-]S(=O)(=O)c2ccccc2)nn1C. The van der Waals surface area contributed by atoms with Gasteiger partial charge in [0, 0.05) is 6.92 Å². The van der Waals surface area contributed by atoms with Crippen molar-refractivity contribution in [1.82, 2.24) is 15.0 Å². The van der Waals surface area contributed by atoms with E-state index in [0.717, 1.165) is 4.91 Å². The van der Waals surface area contributed by atoms with Gasteiger partial charge in [0.25, 0.3) is 10.0 Å². The predicted octanol–water partition coefficient (Wildman–Crippen LogP) is -0.0633. The van der Waals surface area contributed by atoms with E-state index in [1.54, 1.807) is 32.2 Å². The van der Waals surface area contributed by atoms with Crippen LogP contribution in [0.2, 0.25) is 0 Å². The Kier molecular flexibility index (Phi) is 2.80. The Morgan fingerprint density at radius 1 is 1.29 bits per heavy atom. The van der Waals surface area contributed by atoms with E-state index in [4.69, 9.17) is 0 Å². The zero-order chi connectivity index (χ0) is 12.5. The lowest BCUT2D eigenvalue weighted by atomic mass is 10.4. The molecule has 0 aliphatic heterocycles. The average molecular weight is 253 g/mol. The number of nitrogens with zero attached hydrogens (tertiary/aromatic N) is 5. The fraction of sp³-hybridized carbons (Fsp3) is 0.222. The summed E-state index contributed by atoms with van der Waals surface area (Å²) in [5.41, 5.74) is 0. The van der Waals surface area contributed by atoms with Crippen molar-refractivity contribution in [3.8, 4) is 0 Å². The highest BCUT2D eigenvalue weighted by molar-refractivity contribution is 7.93. The van der Waals surface area contributed by atoms with Gasteiger partial charge in [-0.1, -0.05) is 27.9 Å². The molecule has 90 valence electrons. The third kappa shape index (κ3) is 2.41. The quantitative estimate of drug-likeness (QED) is 0.717. The molecule has 2 aromatic rings. The van der Waals surface area contributed by atoms with E-state index < -0.39 is 10.0 Å². The molecule has 1 aromatic heterocycles. The van der Waals surface area contributed by atoms with Crippen molar-refractivity contribution < 1.29 is 13.3 Å². The summed E-state index contributed by atoms with van der Waals surface area (Å²) in [6.07, 6.45) is 0. The molecule has 0 N–H and O–H groups in total. The van der Waals surface area contributed by atoms with Gasteiger partial charge >= 0.3 is 0 Å². The fourth-order valence-corrected chi connectivity index (χ4v) is 2.03. The Balaban J connectivity index is 2.30. The molecule has 0 unspecified atom stereocenters. The minimum Gasteiger partial charge on any atom is -0.212 e. The van der Waals surface area contributed by atoms with Crippen molar-refractivity contribution in [2.45, 2.75) is 11.8 Å². The Morgan fingerprint density at radius 2 is 1.94 bits per heavy atom. The summed E-state index contributed by atoms with van der Waals surface area (Å²) in [5.74, 6) is 0.567. The predicted molar refractivity (Wildman–Crippen MR) is 58.3 cm³/mol. The van der Waals surface area contributed by atoms with Crippen LogP contribution in [-0.4, -0.2) is 23.4 Å². The second-order valence-corrected chi connectivity index (χ2v) is 4.98. The van der Waals surface area contributed by atoms with Crippen molar-refractivity contribution in [2.24, 2.45) is 7.05 Å². The van der Waals surface area contributed by atoms with Crippen LogP contribution in [0.15, 0.2) is 35.2 Å². The molecule has 0 spiro atoms. The van der Waals surface area contributed by atoms with E-state index in [1.165, 1.54) is 16.8 Å². The maximum Gasteiger partial charge on any atom is 0.260 e. The van der Waals surface area contributed by atoms with E-state index in [0.29, 0.717) is 5.82 Å². The van der Waals surface area contributed by atoms with Gasteiger partial charge in [0.05, 0.1) is 11.9 Å². The monoisotopic (exact) mass is 253 g/mol. The number of sulfonamides is 1. The summed E-state index contributed by atoms with van der Waals surface area (Å²) in [6.45, 7) is 1.70. The first-order valence-corrected chi connectivity index (χ1v) is 6.27. The fourth-order valence-electron chi connectivity index (χ4n) is 1.17. The molecule has 0 fully saturated rings. The number of aromatic nitrogens is 4. The van der Waals surface area contributed by atoms with E-state index in [2.05, 4.69) is 15.1 Å². The highest BCUT2D eigenvalue weighted by Gasteiger charge is 2.15. The molecule has 8 heteroatoms. The van der Waals surface area contributed by atoms with Crippen LogP contribution < -0.4 is 4.91 Å². The molecule has 0 bridgehead atoms. The van der Waals surface area contributed by atoms with Crippen LogP contribution in [0.4, 0.5) is 0 Å². The smallest absolute Gasteiger partial charge is 0.212 e. The Bertz CT molecular complexity index is 601. The van der Waals surface area contributed by atoms with Crippen LogP contribution >= 0.6 is 0 Å². The van der Waals surface area contributed by atoms with E-state index in [9.17, 15) is 8.42 Å². The molecule has 0 aliphatic rings. The molecular formula is C9H11N5O2S. The van der Waals surface area contributed by atoms with Gasteiger partial charge in [-0.25, -0.2) is 8.42 Å². The van der Waals surface area contributed by atoms with Crippen LogP contribution in [0.5, 0.6) is 0 Å². The van der Waals surface area contributed by atoms with Gasteiger partial charge in [-0.05, 0) is 17.3 Å². The highest BCUT2D eigenvalue weighted by Crippen LogP contribution is 2.12. The van der Waals surface area contributed by atoms with Crippen molar-refractivity contribution in [3.05, 3.63) is 41.0 Å². The van der Waals surface area contributed by atoms with E-state index in [-0.39, 0.29) is 4.90 Å². The number of rotatable bonds is 3. The largest absolute Gasteiger partial charge is 0.260 e. The summed E-state index contributed by atoms with van der Waals surface area (Å²) < 4.78 is 25.1. The van der Waals surface area contributed by atoms with Gasteiger partial charge in [0.1, 0.15) is 0 Å². The average Bonchev–Trinajstić information content (AvgIpc) is 2.58. The van der Waals surface area contributed by atoms with Gasteiger partial charge in [-0.2, -0.15) is 4.68 Å². The lowest BCUT2D eigenvalue weighted by Crippen LogP contribution is -2.38. The number of benzene rings is 1. The first-order chi connectivity index (χ1) is 7.99. The van der Waals surface area contributed by atoms with Crippen molar-refractivity contribution >= 4 is 10.0 Å². The van der Waals surface area contributed by atoms with Crippen LogP contribution in [-0.2, 0) is 17.1 Å². The van der Waals surface area contributed by atoms with Crippen LogP contribution in [0, 0.1) is 6.92 Å². The second kappa shape index (κ2) is 4.13. The maximum atomic E-state index is 11.8. The number of aryl methyl sites for hydroxylation is 2. The number of tetrazole rings is 1. The topological polar surface area (TPSA) is 82.8 Å². The van der Waals surface area contributed by atoms with Crippen molar-refractivity contribution in [3.63, 3.8) is 0 Å². The molecule has 2 rings (SSSR count). The standard InChI is InChI=1S/C9H11N5O2S/c1-8-10-14(11-13(8)2)12-17(15,16)9-6-4-3-5-7-9/h3-7H,1-2H3. The zero-order valence-corrected chi connectivity index (χ0v) is 10.2. The molecule has 0 aliphatic carbocycles. The van der Waals surface area contributed by atoms with Crippen molar-refractivity contribution in [1.29, 1.82) is 0 Å². The lowest BCUT2D eigenvalue weighted by Gasteiger charge is -2.04. The Labute approximate surface area is 98.7 Å². The normalized spacial score (nSPS) is 11.4. The number of hydrogen-bond donors (Lipinski definition) is 0. The third-order valence-electron chi connectivity index (χ3n) is 2.14. The van der Waals surface area contributed by atoms with Crippen LogP contribution in [0.3, 0.4) is 0 Å². The lowest BCUT2D eigenvalue weighted by molar-refractivity contribution is -0.735. The van der Waals surface area contributed by atoms with Gasteiger partial charge in [-0.3, -0.25) is 0 Å². The van der Waals surface area contributed by atoms with Gasteiger partial charge in [0.2, 0.25) is 0 Å². The summed E-state index contributed by atoms with van der Waals surface area (Å²) in [5, 5.41) is 7.64. The van der Waals surface area contributed by atoms with Crippen molar-refractivity contribution in [2.75, 3.05) is 0 Å². The molecule has 1 heterocycles. The minimum absolute atomic E-state index is 0.109. The minimum atomic E-state index is -3.77. The van der Waals surface area contributed by atoms with E-state index in [1.807, 2.05) is 0 Å². The van der Waals surface area contributed by atoms with Gasteiger partial charge in [-0.15, -0.1) is 5.10 Å². The second-order valence-electron chi connectivity index (χ2n) is 3.40. The van der Waals surface area contributed by atoms with Crippen LogP contribution in [0.25, 0.3) is 4.83 Å². The molecule has 0 atom stereocenters. The van der Waals surface area contributed by atoms with E-state index >= 15 is 0 Å². The molecule has 0 radical (unpaired) electrons. The van der Waals surface area contributed by atoms with Gasteiger partial charge in [0.15, 0.2) is 5.82 Å². The molecule has 0 saturated carbocycles. The first kappa shape index (κ1) is 11.5. The highest BCUT2D eigenvalue weighted by atomic mass is 32.2.